The number of para-hydroxylation sites is 3. The molecule has 1 N–H and O–H groups in total. The lowest BCUT2D eigenvalue weighted by molar-refractivity contribution is -0.130. The van der Waals surface area contributed by atoms with E-state index < -0.39 is 6.10 Å². The van der Waals surface area contributed by atoms with Crippen molar-refractivity contribution in [3.8, 4) is 17.2 Å². The number of hydrogen-bond acceptors (Lipinski definition) is 4. The van der Waals surface area contributed by atoms with Crippen LogP contribution in [0.4, 0.5) is 0 Å². The molecular weight excluding hydrogens is 330 g/mol. The summed E-state index contributed by atoms with van der Waals surface area (Å²) in [6, 6.07) is 19.2. The van der Waals surface area contributed by atoms with Crippen molar-refractivity contribution in [1.82, 2.24) is 15.1 Å². The first-order valence-corrected chi connectivity index (χ1v) is 8.56. The van der Waals surface area contributed by atoms with Gasteiger partial charge in [0.15, 0.2) is 11.5 Å². The van der Waals surface area contributed by atoms with Gasteiger partial charge in [-0.25, -0.2) is 4.68 Å². The number of benzene rings is 2. The number of aromatic nitrogens is 2. The first kappa shape index (κ1) is 16.2. The summed E-state index contributed by atoms with van der Waals surface area (Å²) < 4.78 is 13.1. The van der Waals surface area contributed by atoms with E-state index >= 15 is 0 Å². The lowest BCUT2D eigenvalue weighted by Crippen LogP contribution is -2.44. The summed E-state index contributed by atoms with van der Waals surface area (Å²) in [5.74, 6) is 1.09. The fourth-order valence-electron chi connectivity index (χ4n) is 2.80. The molecule has 1 aromatic heterocycles. The minimum atomic E-state index is -0.633. The Morgan fingerprint density at radius 1 is 1.08 bits per heavy atom. The molecule has 2 heterocycles. The van der Waals surface area contributed by atoms with Crippen molar-refractivity contribution >= 4 is 5.91 Å². The summed E-state index contributed by atoms with van der Waals surface area (Å²) in [6.45, 7) is 0.706. The van der Waals surface area contributed by atoms with Crippen LogP contribution in [0.25, 0.3) is 5.69 Å². The third-order valence-electron chi connectivity index (χ3n) is 4.15. The van der Waals surface area contributed by atoms with Crippen LogP contribution in [0.2, 0.25) is 0 Å². The molecule has 132 valence electrons. The minimum Gasteiger partial charge on any atom is -0.485 e. The number of hydrogen-bond donors (Lipinski definition) is 1. The molecule has 3 aromatic rings. The van der Waals surface area contributed by atoms with Gasteiger partial charge in [0, 0.05) is 19.2 Å². The molecule has 0 radical (unpaired) electrons. The van der Waals surface area contributed by atoms with Gasteiger partial charge in [0.25, 0.3) is 5.91 Å². The van der Waals surface area contributed by atoms with Gasteiger partial charge in [-0.15, -0.1) is 0 Å². The van der Waals surface area contributed by atoms with Crippen molar-refractivity contribution < 1.29 is 14.3 Å². The predicted octanol–water partition coefficient (Wildman–Crippen LogP) is 2.37. The number of ether oxygens (including phenoxy) is 2. The number of carbonyl (C=O) groups excluding carboxylic acids is 1. The highest BCUT2D eigenvalue weighted by molar-refractivity contribution is 5.81. The van der Waals surface area contributed by atoms with Crippen LogP contribution >= 0.6 is 0 Å². The maximum Gasteiger partial charge on any atom is 0.264 e. The monoisotopic (exact) mass is 349 g/mol. The summed E-state index contributed by atoms with van der Waals surface area (Å²) in [6.07, 6.45) is 1.93. The van der Waals surface area contributed by atoms with Crippen LogP contribution in [0.15, 0.2) is 66.9 Å². The second kappa shape index (κ2) is 7.31. The van der Waals surface area contributed by atoms with Gasteiger partial charge in [0.1, 0.15) is 6.61 Å². The highest BCUT2D eigenvalue weighted by Gasteiger charge is 2.26. The Kier molecular flexibility index (Phi) is 4.55. The number of nitrogens with zero attached hydrogens (tertiary/aromatic N) is 2. The zero-order valence-electron chi connectivity index (χ0n) is 14.2. The Hall–Kier alpha value is -3.28. The quantitative estimate of drug-likeness (QED) is 0.768. The molecule has 1 atom stereocenters. The summed E-state index contributed by atoms with van der Waals surface area (Å²) in [4.78, 5) is 12.3. The van der Waals surface area contributed by atoms with Gasteiger partial charge in [-0.3, -0.25) is 4.79 Å². The lowest BCUT2D eigenvalue weighted by Gasteiger charge is -2.25. The lowest BCUT2D eigenvalue weighted by atomic mass is 10.2. The Bertz CT molecular complexity index is 892. The van der Waals surface area contributed by atoms with Crippen LogP contribution in [-0.4, -0.2) is 34.9 Å². The number of rotatable bonds is 5. The highest BCUT2D eigenvalue weighted by Crippen LogP contribution is 2.30. The third kappa shape index (κ3) is 3.54. The predicted molar refractivity (Wildman–Crippen MR) is 96.6 cm³/mol. The fourth-order valence-corrected chi connectivity index (χ4v) is 2.80. The van der Waals surface area contributed by atoms with Crippen molar-refractivity contribution in [2.75, 3.05) is 13.2 Å². The van der Waals surface area contributed by atoms with E-state index in [0.29, 0.717) is 24.5 Å². The van der Waals surface area contributed by atoms with Crippen LogP contribution < -0.4 is 14.8 Å². The topological polar surface area (TPSA) is 65.4 Å². The molecule has 0 spiro atoms. The van der Waals surface area contributed by atoms with Crippen LogP contribution in [0.3, 0.4) is 0 Å². The second-order valence-electron chi connectivity index (χ2n) is 5.99. The van der Waals surface area contributed by atoms with Gasteiger partial charge in [-0.2, -0.15) is 5.10 Å². The molecule has 0 fully saturated rings. The molecule has 0 bridgehead atoms. The average molecular weight is 349 g/mol. The summed E-state index contributed by atoms with van der Waals surface area (Å²) >= 11 is 0. The van der Waals surface area contributed by atoms with E-state index in [1.807, 2.05) is 65.5 Å². The van der Waals surface area contributed by atoms with Crippen LogP contribution in [0.5, 0.6) is 11.5 Å². The summed E-state index contributed by atoms with van der Waals surface area (Å²) in [5.41, 5.74) is 1.93. The van der Waals surface area contributed by atoms with E-state index in [1.54, 1.807) is 6.07 Å². The van der Waals surface area contributed by atoms with E-state index in [-0.39, 0.29) is 12.5 Å². The Morgan fingerprint density at radius 2 is 1.85 bits per heavy atom. The molecule has 1 aliphatic heterocycles. The average Bonchev–Trinajstić information content (AvgIpc) is 3.17. The smallest absolute Gasteiger partial charge is 0.264 e. The fraction of sp³-hybridized carbons (Fsp3) is 0.200. The van der Waals surface area contributed by atoms with Gasteiger partial charge in [-0.05, 0) is 30.3 Å². The molecule has 0 unspecified atom stereocenters. The molecule has 0 saturated carbocycles. The standard InChI is InChI=1S/C20H19N3O3/c24-20(19-14-25-17-8-4-5-9-18(17)26-19)21-12-10-15-11-13-23(22-15)16-6-2-1-3-7-16/h1-9,11,13,19H,10,12,14H2,(H,21,24)/t19-/m0/s1. The van der Waals surface area contributed by atoms with Crippen molar-refractivity contribution in [1.29, 1.82) is 0 Å². The van der Waals surface area contributed by atoms with Gasteiger partial charge in [0.05, 0.1) is 11.4 Å². The molecule has 6 nitrogen and oxygen atoms in total. The van der Waals surface area contributed by atoms with Gasteiger partial charge >= 0.3 is 0 Å². The van der Waals surface area contributed by atoms with Gasteiger partial charge in [0.2, 0.25) is 6.10 Å². The summed E-state index contributed by atoms with van der Waals surface area (Å²) in [7, 11) is 0. The molecule has 1 aliphatic rings. The number of carbonyl (C=O) groups is 1. The SMILES string of the molecule is O=C(NCCc1ccn(-c2ccccc2)n1)[C@@H]1COc2ccccc2O1. The Balaban J connectivity index is 1.29. The normalized spacial score (nSPS) is 15.5. The molecule has 0 saturated heterocycles. The third-order valence-corrected chi connectivity index (χ3v) is 4.15. The zero-order chi connectivity index (χ0) is 17.8. The maximum atomic E-state index is 12.3. The van der Waals surface area contributed by atoms with E-state index in [9.17, 15) is 4.79 Å². The summed E-state index contributed by atoms with van der Waals surface area (Å²) in [5, 5.41) is 7.42. The van der Waals surface area contributed by atoms with E-state index in [1.165, 1.54) is 0 Å². The molecule has 26 heavy (non-hydrogen) atoms. The van der Waals surface area contributed by atoms with Crippen LogP contribution in [-0.2, 0) is 11.2 Å². The Morgan fingerprint density at radius 3 is 2.69 bits per heavy atom. The molecule has 6 heteroatoms. The largest absolute Gasteiger partial charge is 0.485 e. The van der Waals surface area contributed by atoms with Crippen molar-refractivity contribution in [3.63, 3.8) is 0 Å². The zero-order valence-corrected chi connectivity index (χ0v) is 14.2. The van der Waals surface area contributed by atoms with Crippen molar-refractivity contribution in [2.24, 2.45) is 0 Å². The second-order valence-corrected chi connectivity index (χ2v) is 5.99. The van der Waals surface area contributed by atoms with E-state index in [2.05, 4.69) is 10.4 Å². The number of amides is 1. The van der Waals surface area contributed by atoms with Crippen molar-refractivity contribution in [2.45, 2.75) is 12.5 Å². The molecule has 2 aromatic carbocycles. The minimum absolute atomic E-state index is 0.179. The first-order chi connectivity index (χ1) is 12.8. The molecule has 1 amide bonds. The Labute approximate surface area is 151 Å². The van der Waals surface area contributed by atoms with Gasteiger partial charge < -0.3 is 14.8 Å². The molecular formula is C20H19N3O3. The van der Waals surface area contributed by atoms with Crippen molar-refractivity contribution in [3.05, 3.63) is 72.6 Å². The molecule has 0 aliphatic carbocycles. The van der Waals surface area contributed by atoms with Gasteiger partial charge in [-0.1, -0.05) is 30.3 Å². The number of nitrogens with one attached hydrogen (secondary N) is 1. The molecule has 4 rings (SSSR count). The van der Waals surface area contributed by atoms with E-state index in [0.717, 1.165) is 11.4 Å². The van der Waals surface area contributed by atoms with Crippen LogP contribution in [0, 0.1) is 0 Å². The highest BCUT2D eigenvalue weighted by atomic mass is 16.6. The maximum absolute atomic E-state index is 12.3. The van der Waals surface area contributed by atoms with Crippen LogP contribution in [0.1, 0.15) is 5.69 Å². The first-order valence-electron chi connectivity index (χ1n) is 8.56. The number of fused-ring (bicyclic) bond motifs is 1. The van der Waals surface area contributed by atoms with E-state index in [4.69, 9.17) is 9.47 Å².